The van der Waals surface area contributed by atoms with E-state index in [4.69, 9.17) is 9.73 Å². The van der Waals surface area contributed by atoms with Gasteiger partial charge in [0.25, 0.3) is 11.8 Å². The first kappa shape index (κ1) is 28.4. The number of rotatable bonds is 7. The van der Waals surface area contributed by atoms with Crippen LogP contribution in [0.5, 0.6) is 5.75 Å². The maximum Gasteiger partial charge on any atom is 0.271 e. The molecule has 8 heteroatoms. The van der Waals surface area contributed by atoms with Gasteiger partial charge < -0.3 is 10.1 Å². The van der Waals surface area contributed by atoms with Crippen LogP contribution in [0.2, 0.25) is 0 Å². The van der Waals surface area contributed by atoms with Crippen molar-refractivity contribution in [1.82, 2.24) is 0 Å². The highest BCUT2D eigenvalue weighted by molar-refractivity contribution is 9.10. The second kappa shape index (κ2) is 12.6. The highest BCUT2D eigenvalue weighted by Gasteiger charge is 2.34. The van der Waals surface area contributed by atoms with Crippen molar-refractivity contribution in [3.8, 4) is 5.75 Å². The fourth-order valence-electron chi connectivity index (χ4n) is 4.14. The smallest absolute Gasteiger partial charge is 0.271 e. The van der Waals surface area contributed by atoms with Crippen LogP contribution in [0.4, 0.5) is 17.1 Å². The summed E-state index contributed by atoms with van der Waals surface area (Å²) in [6, 6.07) is 28.8. The second-order valence-corrected chi connectivity index (χ2v) is 11.6. The highest BCUT2D eigenvalue weighted by atomic mass is 79.9. The van der Waals surface area contributed by atoms with Gasteiger partial charge in [-0.05, 0) is 114 Å². The summed E-state index contributed by atoms with van der Waals surface area (Å²) < 4.78 is 6.42. The van der Waals surface area contributed by atoms with E-state index in [2.05, 4.69) is 21.2 Å². The number of benzene rings is 4. The van der Waals surface area contributed by atoms with Gasteiger partial charge >= 0.3 is 0 Å². The Hall–Kier alpha value is -4.14. The Kier molecular flexibility index (Phi) is 8.71. The molecule has 4 aromatic rings. The maximum atomic E-state index is 13.6. The molecule has 0 saturated carbocycles. The summed E-state index contributed by atoms with van der Waals surface area (Å²) in [6.45, 7) is 5.87. The molecule has 0 spiro atoms. The Labute approximate surface area is 252 Å². The quantitative estimate of drug-likeness (QED) is 0.210. The molecule has 0 bridgehead atoms. The number of nitrogens with zero attached hydrogens (tertiary/aromatic N) is 2. The van der Waals surface area contributed by atoms with Crippen LogP contribution in [0.3, 0.4) is 0 Å². The van der Waals surface area contributed by atoms with Gasteiger partial charge in [0.1, 0.15) is 5.75 Å². The number of aliphatic imine (C=N–C) groups is 1. The van der Waals surface area contributed by atoms with Crippen LogP contribution in [-0.4, -0.2) is 23.6 Å². The minimum atomic E-state index is -0.252. The molecular formula is C33H28BrN3O3S. The van der Waals surface area contributed by atoms with Gasteiger partial charge in [0.05, 0.1) is 20.8 Å². The minimum Gasteiger partial charge on any atom is -0.483 e. The third-order valence-corrected chi connectivity index (χ3v) is 7.86. The average Bonchev–Trinajstić information content (AvgIpc) is 3.24. The first-order valence-corrected chi connectivity index (χ1v) is 14.6. The summed E-state index contributed by atoms with van der Waals surface area (Å²) in [4.78, 5) is 33.0. The molecule has 1 aliphatic rings. The predicted octanol–water partition coefficient (Wildman–Crippen LogP) is 8.20. The number of carbonyl (C=O) groups is 2. The Bertz CT molecular complexity index is 1660. The summed E-state index contributed by atoms with van der Waals surface area (Å²) >= 11 is 4.88. The van der Waals surface area contributed by atoms with Crippen LogP contribution in [0.25, 0.3) is 6.08 Å². The third kappa shape index (κ3) is 7.14. The molecule has 206 valence electrons. The van der Waals surface area contributed by atoms with E-state index in [9.17, 15) is 9.59 Å². The third-order valence-electron chi connectivity index (χ3n) is 6.27. The van der Waals surface area contributed by atoms with E-state index in [0.29, 0.717) is 20.3 Å². The average molecular weight is 627 g/mol. The largest absolute Gasteiger partial charge is 0.483 e. The van der Waals surface area contributed by atoms with Gasteiger partial charge in [-0.25, -0.2) is 4.99 Å². The Morgan fingerprint density at radius 1 is 0.927 bits per heavy atom. The lowest BCUT2D eigenvalue weighted by Gasteiger charge is -2.16. The molecule has 1 N–H and O–H groups in total. The summed E-state index contributed by atoms with van der Waals surface area (Å²) in [5.41, 5.74) is 6.39. The van der Waals surface area contributed by atoms with Crippen molar-refractivity contribution >= 4 is 67.8 Å². The number of amidine groups is 1. The zero-order valence-corrected chi connectivity index (χ0v) is 25.3. The van der Waals surface area contributed by atoms with Gasteiger partial charge in [-0.15, -0.1) is 0 Å². The van der Waals surface area contributed by atoms with Crippen molar-refractivity contribution in [3.63, 3.8) is 0 Å². The van der Waals surface area contributed by atoms with Gasteiger partial charge in [-0.3, -0.25) is 14.5 Å². The number of hydrogen-bond donors (Lipinski definition) is 1. The molecule has 0 radical (unpaired) electrons. The van der Waals surface area contributed by atoms with Gasteiger partial charge in [-0.1, -0.05) is 53.6 Å². The van der Waals surface area contributed by atoms with Crippen molar-refractivity contribution in [2.75, 3.05) is 16.8 Å². The molecule has 5 rings (SSSR count). The fourth-order valence-corrected chi connectivity index (χ4v) is 5.65. The lowest BCUT2D eigenvalue weighted by Crippen LogP contribution is -2.28. The molecule has 1 aliphatic heterocycles. The molecule has 4 aromatic carbocycles. The van der Waals surface area contributed by atoms with Gasteiger partial charge in [0.15, 0.2) is 11.8 Å². The van der Waals surface area contributed by atoms with E-state index in [1.54, 1.807) is 11.0 Å². The monoisotopic (exact) mass is 625 g/mol. The zero-order chi connectivity index (χ0) is 28.9. The molecule has 6 nitrogen and oxygen atoms in total. The SMILES string of the molecule is Cc1ccc(N=C2S/C(=C\c3ccc(OCC(=O)Nc4cccc(C)c4)c(Br)c3)C(=O)N2c2ccc(C)cc2)cc1. The number of carbonyl (C=O) groups excluding carboxylic acids is 2. The molecule has 0 unspecified atom stereocenters. The van der Waals surface area contributed by atoms with E-state index in [0.717, 1.165) is 39.3 Å². The molecule has 1 saturated heterocycles. The topological polar surface area (TPSA) is 71.0 Å². The van der Waals surface area contributed by atoms with E-state index in [1.165, 1.54) is 11.8 Å². The Balaban J connectivity index is 1.34. The molecule has 0 atom stereocenters. The molecule has 2 amide bonds. The van der Waals surface area contributed by atoms with Crippen molar-refractivity contribution in [3.05, 3.63) is 123 Å². The summed E-state index contributed by atoms with van der Waals surface area (Å²) in [7, 11) is 0. The highest BCUT2D eigenvalue weighted by Crippen LogP contribution is 2.38. The molecule has 1 fully saturated rings. The lowest BCUT2D eigenvalue weighted by molar-refractivity contribution is -0.118. The first-order valence-electron chi connectivity index (χ1n) is 13.0. The van der Waals surface area contributed by atoms with Crippen molar-refractivity contribution in [1.29, 1.82) is 0 Å². The van der Waals surface area contributed by atoms with Gasteiger partial charge in [0.2, 0.25) is 0 Å². The summed E-state index contributed by atoms with van der Waals surface area (Å²) in [5, 5.41) is 3.43. The van der Waals surface area contributed by atoms with Gasteiger partial charge in [-0.2, -0.15) is 0 Å². The van der Waals surface area contributed by atoms with Crippen LogP contribution >= 0.6 is 27.7 Å². The number of nitrogens with one attached hydrogen (secondary N) is 1. The molecule has 0 aromatic heterocycles. The Morgan fingerprint density at radius 2 is 1.63 bits per heavy atom. The molecule has 0 aliphatic carbocycles. The number of thioether (sulfide) groups is 1. The van der Waals surface area contributed by atoms with Crippen LogP contribution in [0.15, 0.2) is 105 Å². The van der Waals surface area contributed by atoms with E-state index < -0.39 is 0 Å². The normalized spacial score (nSPS) is 15.0. The lowest BCUT2D eigenvalue weighted by atomic mass is 10.2. The number of aryl methyl sites for hydroxylation is 3. The molecule has 1 heterocycles. The fraction of sp³-hybridized carbons (Fsp3) is 0.121. The van der Waals surface area contributed by atoms with E-state index >= 15 is 0 Å². The number of ether oxygens (including phenoxy) is 1. The zero-order valence-electron chi connectivity index (χ0n) is 22.9. The van der Waals surface area contributed by atoms with Crippen LogP contribution < -0.4 is 15.0 Å². The number of halogens is 1. The Morgan fingerprint density at radius 3 is 2.32 bits per heavy atom. The molecule has 41 heavy (non-hydrogen) atoms. The number of anilines is 2. The second-order valence-electron chi connectivity index (χ2n) is 9.71. The van der Waals surface area contributed by atoms with E-state index in [1.807, 2.05) is 112 Å². The van der Waals surface area contributed by atoms with Crippen LogP contribution in [-0.2, 0) is 9.59 Å². The van der Waals surface area contributed by atoms with Crippen molar-refractivity contribution < 1.29 is 14.3 Å². The molecular weight excluding hydrogens is 598 g/mol. The summed E-state index contributed by atoms with van der Waals surface area (Å²) in [6.07, 6.45) is 1.84. The van der Waals surface area contributed by atoms with Crippen molar-refractivity contribution in [2.45, 2.75) is 20.8 Å². The number of hydrogen-bond acceptors (Lipinski definition) is 5. The number of amides is 2. The summed E-state index contributed by atoms with van der Waals surface area (Å²) in [5.74, 6) is 0.132. The van der Waals surface area contributed by atoms with Gasteiger partial charge in [0, 0.05) is 5.69 Å². The maximum absolute atomic E-state index is 13.6. The minimum absolute atomic E-state index is 0.133. The first-order chi connectivity index (χ1) is 19.7. The standard InChI is InChI=1S/C33H28BrN3O3S/c1-21-7-12-25(13-8-21)36-33-37(27-14-9-22(2)10-15-27)32(39)30(41-33)19-24-11-16-29(28(34)18-24)40-20-31(38)35-26-6-4-5-23(3)17-26/h4-19H,20H2,1-3H3,(H,35,38)/b30-19-,36-33?. The van der Waals surface area contributed by atoms with Crippen LogP contribution in [0.1, 0.15) is 22.3 Å². The van der Waals surface area contributed by atoms with E-state index in [-0.39, 0.29) is 18.4 Å². The van der Waals surface area contributed by atoms with Crippen LogP contribution in [0, 0.1) is 20.8 Å². The van der Waals surface area contributed by atoms with Crippen molar-refractivity contribution in [2.24, 2.45) is 4.99 Å². The predicted molar refractivity (Wildman–Crippen MR) is 172 cm³/mol.